The van der Waals surface area contributed by atoms with Crippen molar-refractivity contribution in [1.82, 2.24) is 4.90 Å². The number of nitrogens with two attached hydrogens (primary N) is 1. The van der Waals surface area contributed by atoms with Crippen molar-refractivity contribution in [3.05, 3.63) is 29.3 Å². The highest BCUT2D eigenvalue weighted by Crippen LogP contribution is 2.24. The third kappa shape index (κ3) is 3.05. The van der Waals surface area contributed by atoms with Crippen LogP contribution in [0.5, 0.6) is 0 Å². The summed E-state index contributed by atoms with van der Waals surface area (Å²) in [7, 11) is 0. The molecule has 0 bridgehead atoms. The number of hydrogen-bond acceptors (Lipinski definition) is 4. The fraction of sp³-hybridized carbons (Fsp3) is 0.500. The van der Waals surface area contributed by atoms with Gasteiger partial charge in [0.1, 0.15) is 0 Å². The molecule has 2 rings (SSSR count). The van der Waals surface area contributed by atoms with Gasteiger partial charge >= 0.3 is 5.97 Å². The zero-order chi connectivity index (χ0) is 14.0. The van der Waals surface area contributed by atoms with E-state index in [0.29, 0.717) is 12.2 Å². The Morgan fingerprint density at radius 2 is 2.32 bits per heavy atom. The number of carbonyl (C=O) groups is 1. The van der Waals surface area contributed by atoms with Gasteiger partial charge in [-0.05, 0) is 37.4 Å². The first-order valence-electron chi connectivity index (χ1n) is 6.50. The molecule has 1 aromatic rings. The molecule has 0 aliphatic carbocycles. The number of carboxylic acids is 1. The van der Waals surface area contributed by atoms with Gasteiger partial charge in [0.15, 0.2) is 0 Å². The Hall–Kier alpha value is -1.59. The van der Waals surface area contributed by atoms with Crippen LogP contribution in [0, 0.1) is 5.92 Å². The average Bonchev–Trinajstić information content (AvgIpc) is 2.77. The van der Waals surface area contributed by atoms with Crippen molar-refractivity contribution in [2.24, 2.45) is 5.92 Å². The van der Waals surface area contributed by atoms with E-state index in [2.05, 4.69) is 4.90 Å². The molecule has 0 amide bonds. The van der Waals surface area contributed by atoms with Gasteiger partial charge in [-0.3, -0.25) is 4.90 Å². The number of likely N-dealkylation sites (tertiary alicyclic amines) is 1. The maximum atomic E-state index is 11.3. The highest BCUT2D eigenvalue weighted by molar-refractivity contribution is 5.95. The summed E-state index contributed by atoms with van der Waals surface area (Å²) in [6, 6.07) is 5.18. The summed E-state index contributed by atoms with van der Waals surface area (Å²) < 4.78 is 0. The monoisotopic (exact) mass is 264 g/mol. The Balaban J connectivity index is 2.12. The second-order valence-corrected chi connectivity index (χ2v) is 5.21. The van der Waals surface area contributed by atoms with Crippen LogP contribution in [0.2, 0.25) is 0 Å². The molecular formula is C14H20N2O3. The number of anilines is 1. The van der Waals surface area contributed by atoms with E-state index in [4.69, 9.17) is 5.73 Å². The molecule has 104 valence electrons. The van der Waals surface area contributed by atoms with Gasteiger partial charge < -0.3 is 15.9 Å². The van der Waals surface area contributed by atoms with Crippen LogP contribution in [-0.4, -0.2) is 40.3 Å². The van der Waals surface area contributed by atoms with Gasteiger partial charge in [-0.2, -0.15) is 0 Å². The fourth-order valence-corrected chi connectivity index (χ4v) is 2.65. The average molecular weight is 264 g/mol. The smallest absolute Gasteiger partial charge is 0.338 e. The minimum absolute atomic E-state index is 0.197. The highest BCUT2D eigenvalue weighted by atomic mass is 16.4. The van der Waals surface area contributed by atoms with E-state index >= 15 is 0 Å². The van der Waals surface area contributed by atoms with Crippen molar-refractivity contribution in [2.45, 2.75) is 26.0 Å². The van der Waals surface area contributed by atoms with Crippen LogP contribution in [0.25, 0.3) is 0 Å². The minimum atomic E-state index is -0.987. The molecule has 0 radical (unpaired) electrons. The number of benzene rings is 1. The van der Waals surface area contributed by atoms with Crippen molar-refractivity contribution in [3.8, 4) is 0 Å². The number of hydrogen-bond donors (Lipinski definition) is 3. The van der Waals surface area contributed by atoms with Crippen molar-refractivity contribution in [2.75, 3.05) is 18.8 Å². The molecule has 1 heterocycles. The van der Waals surface area contributed by atoms with Crippen molar-refractivity contribution in [3.63, 3.8) is 0 Å². The zero-order valence-corrected chi connectivity index (χ0v) is 11.0. The maximum absolute atomic E-state index is 11.3. The largest absolute Gasteiger partial charge is 0.478 e. The summed E-state index contributed by atoms with van der Waals surface area (Å²) in [5, 5.41) is 18.8. The number of nitrogens with zero attached hydrogens (tertiary/aromatic N) is 1. The molecule has 0 aromatic heterocycles. The van der Waals surface area contributed by atoms with Crippen LogP contribution in [0.3, 0.4) is 0 Å². The third-order valence-electron chi connectivity index (χ3n) is 3.78. The third-order valence-corrected chi connectivity index (χ3v) is 3.78. The minimum Gasteiger partial charge on any atom is -0.478 e. The molecule has 2 atom stereocenters. The number of aliphatic hydroxyl groups is 1. The number of carboxylic acid groups (broad SMARTS) is 1. The molecular weight excluding hydrogens is 244 g/mol. The van der Waals surface area contributed by atoms with E-state index in [1.165, 1.54) is 0 Å². The quantitative estimate of drug-likeness (QED) is 0.711. The van der Waals surface area contributed by atoms with Gasteiger partial charge in [0, 0.05) is 18.8 Å². The first-order valence-corrected chi connectivity index (χ1v) is 6.50. The number of aromatic carboxylic acids is 1. The molecule has 1 aromatic carbocycles. The van der Waals surface area contributed by atoms with Crippen LogP contribution < -0.4 is 5.73 Å². The standard InChI is InChI=1S/C14H20N2O3/c1-9(17)10-5-6-16(7-10)8-11-3-2-4-12(15)13(11)14(18)19/h2-4,9-10,17H,5-8,15H2,1H3,(H,18,19). The van der Waals surface area contributed by atoms with Crippen molar-refractivity contribution >= 4 is 11.7 Å². The summed E-state index contributed by atoms with van der Waals surface area (Å²) in [6.45, 7) is 4.04. The Bertz CT molecular complexity index is 474. The molecule has 2 unspecified atom stereocenters. The molecule has 1 aliphatic heterocycles. The lowest BCUT2D eigenvalue weighted by Gasteiger charge is -2.19. The van der Waals surface area contributed by atoms with Crippen LogP contribution in [0.1, 0.15) is 29.3 Å². The number of nitrogen functional groups attached to an aromatic ring is 1. The topological polar surface area (TPSA) is 86.8 Å². The molecule has 4 N–H and O–H groups in total. The molecule has 5 nitrogen and oxygen atoms in total. The summed E-state index contributed by atoms with van der Waals surface area (Å²) in [5.41, 5.74) is 6.97. The van der Waals surface area contributed by atoms with Crippen LogP contribution in [0.4, 0.5) is 5.69 Å². The molecule has 0 spiro atoms. The van der Waals surface area contributed by atoms with Gasteiger partial charge in [0.2, 0.25) is 0 Å². The van der Waals surface area contributed by atoms with Gasteiger partial charge in [-0.15, -0.1) is 0 Å². The predicted molar refractivity (Wildman–Crippen MR) is 72.9 cm³/mol. The first kappa shape index (κ1) is 13.8. The molecule has 0 saturated carbocycles. The van der Waals surface area contributed by atoms with Crippen LogP contribution in [0.15, 0.2) is 18.2 Å². The normalized spacial score (nSPS) is 21.5. The second kappa shape index (κ2) is 5.59. The van der Waals surface area contributed by atoms with Crippen LogP contribution in [-0.2, 0) is 6.54 Å². The lowest BCUT2D eigenvalue weighted by Crippen LogP contribution is -2.25. The Morgan fingerprint density at radius 1 is 1.58 bits per heavy atom. The van der Waals surface area contributed by atoms with Gasteiger partial charge in [-0.1, -0.05) is 12.1 Å². The van der Waals surface area contributed by atoms with E-state index < -0.39 is 5.97 Å². The van der Waals surface area contributed by atoms with E-state index in [1.54, 1.807) is 25.1 Å². The van der Waals surface area contributed by atoms with Gasteiger partial charge in [0.25, 0.3) is 0 Å². The predicted octanol–water partition coefficient (Wildman–Crippen LogP) is 1.17. The van der Waals surface area contributed by atoms with E-state index in [-0.39, 0.29) is 17.6 Å². The summed E-state index contributed by atoms with van der Waals surface area (Å²) in [5.74, 6) is -0.714. The van der Waals surface area contributed by atoms with E-state index in [0.717, 1.165) is 25.1 Å². The van der Waals surface area contributed by atoms with Crippen LogP contribution >= 0.6 is 0 Å². The molecule has 5 heteroatoms. The van der Waals surface area contributed by atoms with Crippen molar-refractivity contribution < 1.29 is 15.0 Å². The van der Waals surface area contributed by atoms with E-state index in [1.807, 2.05) is 0 Å². The molecule has 1 fully saturated rings. The second-order valence-electron chi connectivity index (χ2n) is 5.21. The zero-order valence-electron chi connectivity index (χ0n) is 11.0. The Kier molecular flexibility index (Phi) is 4.07. The summed E-state index contributed by atoms with van der Waals surface area (Å²) in [4.78, 5) is 13.4. The van der Waals surface area contributed by atoms with Gasteiger partial charge in [-0.25, -0.2) is 4.79 Å². The number of aliphatic hydroxyl groups excluding tert-OH is 1. The Labute approximate surface area is 112 Å². The first-order chi connectivity index (χ1) is 8.99. The molecule has 19 heavy (non-hydrogen) atoms. The van der Waals surface area contributed by atoms with Crippen molar-refractivity contribution in [1.29, 1.82) is 0 Å². The highest BCUT2D eigenvalue weighted by Gasteiger charge is 2.27. The number of rotatable bonds is 4. The Morgan fingerprint density at radius 3 is 2.89 bits per heavy atom. The maximum Gasteiger partial charge on any atom is 0.338 e. The molecule has 1 aliphatic rings. The lowest BCUT2D eigenvalue weighted by molar-refractivity contribution is 0.0695. The van der Waals surface area contributed by atoms with Gasteiger partial charge in [0.05, 0.1) is 11.7 Å². The fourth-order valence-electron chi connectivity index (χ4n) is 2.65. The van der Waals surface area contributed by atoms with E-state index in [9.17, 15) is 15.0 Å². The summed E-state index contributed by atoms with van der Waals surface area (Å²) >= 11 is 0. The molecule has 1 saturated heterocycles. The SMILES string of the molecule is CC(O)C1CCN(Cc2cccc(N)c2C(=O)O)C1. The lowest BCUT2D eigenvalue weighted by atomic mass is 10.0. The summed E-state index contributed by atoms with van der Waals surface area (Å²) in [6.07, 6.45) is 0.632.